The van der Waals surface area contributed by atoms with Crippen LogP contribution in [0.25, 0.3) is 0 Å². The Morgan fingerprint density at radius 2 is 2.17 bits per heavy atom. The summed E-state index contributed by atoms with van der Waals surface area (Å²) in [6.07, 6.45) is 2.51. The van der Waals surface area contributed by atoms with Gasteiger partial charge in [-0.05, 0) is 49.6 Å². The predicted molar refractivity (Wildman–Crippen MR) is 114 cm³/mol. The highest BCUT2D eigenvalue weighted by Crippen LogP contribution is 2.25. The normalized spacial score (nSPS) is 13.1. The van der Waals surface area contributed by atoms with Crippen LogP contribution in [-0.4, -0.2) is 34.8 Å². The van der Waals surface area contributed by atoms with E-state index < -0.39 is 0 Å². The fourth-order valence-corrected chi connectivity index (χ4v) is 4.21. The van der Waals surface area contributed by atoms with E-state index in [0.29, 0.717) is 41.8 Å². The summed E-state index contributed by atoms with van der Waals surface area (Å²) in [5.74, 6) is 1.14. The Kier molecular flexibility index (Phi) is 5.85. The van der Waals surface area contributed by atoms with E-state index in [4.69, 9.17) is 9.15 Å². The zero-order valence-electron chi connectivity index (χ0n) is 16.9. The number of furan rings is 1. The lowest BCUT2D eigenvalue weighted by Gasteiger charge is -2.29. The van der Waals surface area contributed by atoms with Crippen LogP contribution in [0.15, 0.2) is 40.3 Å². The summed E-state index contributed by atoms with van der Waals surface area (Å²) >= 11 is 1.30. The molecule has 0 bridgehead atoms. The second-order valence-electron chi connectivity index (χ2n) is 7.09. The first-order chi connectivity index (χ1) is 14.5. The van der Waals surface area contributed by atoms with Crippen molar-refractivity contribution in [3.05, 3.63) is 64.1 Å². The topological polar surface area (TPSA) is 84.7 Å². The van der Waals surface area contributed by atoms with Gasteiger partial charge in [-0.15, -0.1) is 11.3 Å². The van der Waals surface area contributed by atoms with Crippen LogP contribution >= 0.6 is 11.3 Å². The van der Waals surface area contributed by atoms with Crippen molar-refractivity contribution in [2.75, 3.05) is 18.5 Å². The minimum atomic E-state index is -0.272. The molecule has 0 radical (unpaired) electrons. The SMILES string of the molecule is CCOc1ccc2c(c1)CN(C(=O)Cc1csc(NC(=O)c3ccoc3C)n1)CC2. The van der Waals surface area contributed by atoms with Crippen LogP contribution in [0.2, 0.25) is 0 Å². The molecule has 3 aromatic rings. The number of benzene rings is 1. The highest BCUT2D eigenvalue weighted by molar-refractivity contribution is 7.14. The van der Waals surface area contributed by atoms with Crippen molar-refractivity contribution in [2.24, 2.45) is 0 Å². The molecule has 0 saturated carbocycles. The number of ether oxygens (including phenoxy) is 1. The standard InChI is InChI=1S/C22H23N3O4S/c1-3-28-18-5-4-15-6-8-25(12-16(15)10-18)20(26)11-17-13-30-22(23-17)24-21(27)19-7-9-29-14(19)2/h4-5,7,9-10,13H,3,6,8,11-12H2,1-2H3,(H,23,24,27). The number of anilines is 1. The molecular weight excluding hydrogens is 402 g/mol. The van der Waals surface area contributed by atoms with Gasteiger partial charge in [0.15, 0.2) is 5.13 Å². The van der Waals surface area contributed by atoms with Crippen molar-refractivity contribution in [3.63, 3.8) is 0 Å². The molecule has 0 unspecified atom stereocenters. The highest BCUT2D eigenvalue weighted by atomic mass is 32.1. The highest BCUT2D eigenvalue weighted by Gasteiger charge is 2.22. The molecule has 0 fully saturated rings. The van der Waals surface area contributed by atoms with Gasteiger partial charge in [-0.2, -0.15) is 0 Å². The lowest BCUT2D eigenvalue weighted by molar-refractivity contribution is -0.131. The van der Waals surface area contributed by atoms with Crippen molar-refractivity contribution in [2.45, 2.75) is 33.2 Å². The van der Waals surface area contributed by atoms with Gasteiger partial charge in [0, 0.05) is 18.5 Å². The predicted octanol–water partition coefficient (Wildman–Crippen LogP) is 3.82. The van der Waals surface area contributed by atoms with Crippen molar-refractivity contribution in [1.82, 2.24) is 9.88 Å². The first-order valence-electron chi connectivity index (χ1n) is 9.85. The first-order valence-corrected chi connectivity index (χ1v) is 10.7. The molecule has 156 valence electrons. The number of fused-ring (bicyclic) bond motifs is 1. The lowest BCUT2D eigenvalue weighted by atomic mass is 9.99. The molecule has 30 heavy (non-hydrogen) atoms. The quantitative estimate of drug-likeness (QED) is 0.649. The second kappa shape index (κ2) is 8.71. The Morgan fingerprint density at radius 1 is 1.30 bits per heavy atom. The molecule has 7 nitrogen and oxygen atoms in total. The Bertz CT molecular complexity index is 1070. The van der Waals surface area contributed by atoms with E-state index in [1.165, 1.54) is 23.2 Å². The average molecular weight is 426 g/mol. The molecule has 1 aliphatic heterocycles. The largest absolute Gasteiger partial charge is 0.494 e. The Labute approximate surface area is 178 Å². The summed E-state index contributed by atoms with van der Waals surface area (Å²) < 4.78 is 10.7. The molecular formula is C22H23N3O4S. The van der Waals surface area contributed by atoms with Crippen LogP contribution in [0.1, 0.15) is 39.9 Å². The third-order valence-electron chi connectivity index (χ3n) is 5.06. The zero-order chi connectivity index (χ0) is 21.1. The molecule has 0 atom stereocenters. The van der Waals surface area contributed by atoms with E-state index >= 15 is 0 Å². The molecule has 1 aromatic carbocycles. The molecule has 1 aliphatic rings. The van der Waals surface area contributed by atoms with Crippen LogP contribution in [0.5, 0.6) is 5.75 Å². The van der Waals surface area contributed by atoms with E-state index in [9.17, 15) is 9.59 Å². The van der Waals surface area contributed by atoms with Gasteiger partial charge < -0.3 is 14.1 Å². The Hall–Kier alpha value is -3.13. The number of hydrogen-bond acceptors (Lipinski definition) is 6. The van der Waals surface area contributed by atoms with E-state index in [1.807, 2.05) is 24.0 Å². The number of thiazole rings is 1. The van der Waals surface area contributed by atoms with Crippen LogP contribution < -0.4 is 10.1 Å². The van der Waals surface area contributed by atoms with Gasteiger partial charge in [-0.1, -0.05) is 6.07 Å². The molecule has 4 rings (SSSR count). The Balaban J connectivity index is 1.37. The fourth-order valence-electron chi connectivity index (χ4n) is 3.50. The monoisotopic (exact) mass is 425 g/mol. The van der Waals surface area contributed by atoms with Crippen LogP contribution in [-0.2, 0) is 24.2 Å². The van der Waals surface area contributed by atoms with E-state index in [-0.39, 0.29) is 18.2 Å². The van der Waals surface area contributed by atoms with Crippen molar-refractivity contribution < 1.29 is 18.7 Å². The van der Waals surface area contributed by atoms with Gasteiger partial charge in [0.1, 0.15) is 11.5 Å². The van der Waals surface area contributed by atoms with Crippen LogP contribution in [0.4, 0.5) is 5.13 Å². The molecule has 0 aliphatic carbocycles. The maximum Gasteiger partial charge on any atom is 0.260 e. The lowest BCUT2D eigenvalue weighted by Crippen LogP contribution is -2.37. The fraction of sp³-hybridized carbons (Fsp3) is 0.318. The number of nitrogens with one attached hydrogen (secondary N) is 1. The van der Waals surface area contributed by atoms with Crippen LogP contribution in [0, 0.1) is 6.92 Å². The summed E-state index contributed by atoms with van der Waals surface area (Å²) in [5, 5.41) is 5.03. The minimum Gasteiger partial charge on any atom is -0.494 e. The third-order valence-corrected chi connectivity index (χ3v) is 5.87. The van der Waals surface area contributed by atoms with Crippen molar-refractivity contribution in [1.29, 1.82) is 0 Å². The Morgan fingerprint density at radius 3 is 2.93 bits per heavy atom. The summed E-state index contributed by atoms with van der Waals surface area (Å²) in [6, 6.07) is 7.70. The smallest absolute Gasteiger partial charge is 0.260 e. The molecule has 0 spiro atoms. The number of carbonyl (C=O) groups excluding carboxylic acids is 2. The average Bonchev–Trinajstić information content (AvgIpc) is 3.36. The third kappa shape index (κ3) is 4.38. The molecule has 2 aromatic heterocycles. The van der Waals surface area contributed by atoms with E-state index in [0.717, 1.165) is 17.7 Å². The molecule has 8 heteroatoms. The number of hydrogen-bond donors (Lipinski definition) is 1. The number of aromatic nitrogens is 1. The number of carbonyl (C=O) groups is 2. The summed E-state index contributed by atoms with van der Waals surface area (Å²) in [7, 11) is 0. The molecule has 3 heterocycles. The minimum absolute atomic E-state index is 0.0244. The van der Waals surface area contributed by atoms with Crippen molar-refractivity contribution in [3.8, 4) is 5.75 Å². The van der Waals surface area contributed by atoms with E-state index in [2.05, 4.69) is 16.4 Å². The van der Waals surface area contributed by atoms with E-state index in [1.54, 1.807) is 18.4 Å². The number of amides is 2. The maximum absolute atomic E-state index is 12.8. The zero-order valence-corrected chi connectivity index (χ0v) is 17.8. The van der Waals surface area contributed by atoms with Crippen LogP contribution in [0.3, 0.4) is 0 Å². The molecule has 0 saturated heterocycles. The van der Waals surface area contributed by atoms with Gasteiger partial charge >= 0.3 is 0 Å². The second-order valence-corrected chi connectivity index (χ2v) is 7.95. The number of nitrogens with zero attached hydrogens (tertiary/aromatic N) is 2. The summed E-state index contributed by atoms with van der Waals surface area (Å²) in [6.45, 7) is 5.56. The molecule has 1 N–H and O–H groups in total. The van der Waals surface area contributed by atoms with Gasteiger partial charge in [0.2, 0.25) is 5.91 Å². The summed E-state index contributed by atoms with van der Waals surface area (Å²) in [4.78, 5) is 31.3. The maximum atomic E-state index is 12.8. The number of aryl methyl sites for hydroxylation is 1. The summed E-state index contributed by atoms with van der Waals surface area (Å²) in [5.41, 5.74) is 3.51. The molecule has 2 amide bonds. The van der Waals surface area contributed by atoms with Gasteiger partial charge in [-0.25, -0.2) is 4.98 Å². The van der Waals surface area contributed by atoms with Gasteiger partial charge in [0.25, 0.3) is 5.91 Å². The number of rotatable bonds is 6. The first kappa shape index (κ1) is 20.2. The van der Waals surface area contributed by atoms with Crippen molar-refractivity contribution >= 4 is 28.3 Å². The van der Waals surface area contributed by atoms with Gasteiger partial charge in [-0.3, -0.25) is 14.9 Å². The van der Waals surface area contributed by atoms with Gasteiger partial charge in [0.05, 0.1) is 30.5 Å².